The molecule has 2 atom stereocenters. The van der Waals surface area contributed by atoms with Crippen LogP contribution in [0.2, 0.25) is 0 Å². The summed E-state index contributed by atoms with van der Waals surface area (Å²) in [5, 5.41) is 6.12. The third-order valence-electron chi connectivity index (χ3n) is 3.91. The molecule has 0 aromatic rings. The topological polar surface area (TPSA) is 70.7 Å². The van der Waals surface area contributed by atoms with Crippen LogP contribution in [-0.2, 0) is 14.3 Å². The van der Waals surface area contributed by atoms with Crippen molar-refractivity contribution in [2.75, 3.05) is 39.4 Å². The predicted molar refractivity (Wildman–Crippen MR) is 75.2 cm³/mol. The van der Waals surface area contributed by atoms with Crippen molar-refractivity contribution in [2.45, 2.75) is 32.2 Å². The highest BCUT2D eigenvalue weighted by atomic mass is 16.5. The fourth-order valence-electron chi connectivity index (χ4n) is 2.75. The first-order valence-electron chi connectivity index (χ1n) is 7.60. The Kier molecular flexibility index (Phi) is 5.79. The first-order chi connectivity index (χ1) is 9.74. The molecular weight excluding hydrogens is 258 g/mol. The van der Waals surface area contributed by atoms with Crippen molar-refractivity contribution in [1.82, 2.24) is 15.5 Å². The zero-order valence-corrected chi connectivity index (χ0v) is 12.2. The highest BCUT2D eigenvalue weighted by molar-refractivity contribution is 5.89. The van der Waals surface area contributed by atoms with Gasteiger partial charge < -0.3 is 20.3 Å². The van der Waals surface area contributed by atoms with E-state index < -0.39 is 6.04 Å². The van der Waals surface area contributed by atoms with E-state index in [2.05, 4.69) is 10.6 Å². The van der Waals surface area contributed by atoms with Crippen LogP contribution in [0.3, 0.4) is 0 Å². The molecule has 2 aliphatic rings. The van der Waals surface area contributed by atoms with Crippen molar-refractivity contribution >= 4 is 11.8 Å². The monoisotopic (exact) mass is 283 g/mol. The molecule has 2 rings (SSSR count). The van der Waals surface area contributed by atoms with Crippen LogP contribution in [-0.4, -0.2) is 62.1 Å². The van der Waals surface area contributed by atoms with Crippen molar-refractivity contribution in [3.63, 3.8) is 0 Å². The Morgan fingerprint density at radius 2 is 2.30 bits per heavy atom. The molecule has 2 amide bonds. The van der Waals surface area contributed by atoms with E-state index in [9.17, 15) is 9.59 Å². The SMILES string of the molecule is CCCNC(=O)C1COCCN1C(=O)[C@@H]1CCCNC1. The van der Waals surface area contributed by atoms with Crippen LogP contribution >= 0.6 is 0 Å². The summed E-state index contributed by atoms with van der Waals surface area (Å²) in [6.45, 7) is 5.69. The number of ether oxygens (including phenoxy) is 1. The summed E-state index contributed by atoms with van der Waals surface area (Å²) >= 11 is 0. The van der Waals surface area contributed by atoms with Crippen molar-refractivity contribution in [3.8, 4) is 0 Å². The lowest BCUT2D eigenvalue weighted by Crippen LogP contribution is -2.58. The summed E-state index contributed by atoms with van der Waals surface area (Å²) in [7, 11) is 0. The van der Waals surface area contributed by atoms with Gasteiger partial charge in [-0.2, -0.15) is 0 Å². The molecule has 20 heavy (non-hydrogen) atoms. The molecular formula is C14H25N3O3. The lowest BCUT2D eigenvalue weighted by Gasteiger charge is -2.37. The van der Waals surface area contributed by atoms with Gasteiger partial charge in [0.2, 0.25) is 11.8 Å². The van der Waals surface area contributed by atoms with Gasteiger partial charge in [0.15, 0.2) is 0 Å². The Morgan fingerprint density at radius 1 is 1.45 bits per heavy atom. The van der Waals surface area contributed by atoms with Crippen LogP contribution in [0, 0.1) is 5.92 Å². The maximum Gasteiger partial charge on any atom is 0.245 e. The first-order valence-corrected chi connectivity index (χ1v) is 7.60. The van der Waals surface area contributed by atoms with Crippen LogP contribution in [0.15, 0.2) is 0 Å². The average Bonchev–Trinajstić information content (AvgIpc) is 2.52. The minimum atomic E-state index is -0.468. The molecule has 114 valence electrons. The number of morpholine rings is 1. The van der Waals surface area contributed by atoms with Gasteiger partial charge in [-0.05, 0) is 25.8 Å². The quantitative estimate of drug-likeness (QED) is 0.746. The number of piperidine rings is 1. The first kappa shape index (κ1) is 15.3. The molecule has 0 aromatic carbocycles. The molecule has 2 heterocycles. The molecule has 0 aliphatic carbocycles. The Morgan fingerprint density at radius 3 is 3.00 bits per heavy atom. The molecule has 6 heteroatoms. The molecule has 0 aromatic heterocycles. The van der Waals surface area contributed by atoms with Crippen molar-refractivity contribution < 1.29 is 14.3 Å². The second-order valence-electron chi connectivity index (χ2n) is 5.46. The highest BCUT2D eigenvalue weighted by Crippen LogP contribution is 2.17. The highest BCUT2D eigenvalue weighted by Gasteiger charge is 2.36. The van der Waals surface area contributed by atoms with E-state index in [1.807, 2.05) is 6.92 Å². The predicted octanol–water partition coefficient (Wildman–Crippen LogP) is -0.260. The van der Waals surface area contributed by atoms with Gasteiger partial charge in [0.05, 0.1) is 19.1 Å². The summed E-state index contributed by atoms with van der Waals surface area (Å²) in [6.07, 6.45) is 2.82. The number of nitrogens with zero attached hydrogens (tertiary/aromatic N) is 1. The van der Waals surface area contributed by atoms with Crippen LogP contribution in [0.5, 0.6) is 0 Å². The number of rotatable bonds is 4. The maximum absolute atomic E-state index is 12.6. The number of hydrogen-bond acceptors (Lipinski definition) is 4. The van der Waals surface area contributed by atoms with Gasteiger partial charge in [-0.1, -0.05) is 6.92 Å². The minimum Gasteiger partial charge on any atom is -0.377 e. The van der Waals surface area contributed by atoms with Crippen LogP contribution in [0.25, 0.3) is 0 Å². The molecule has 2 N–H and O–H groups in total. The van der Waals surface area contributed by atoms with Crippen LogP contribution < -0.4 is 10.6 Å². The molecule has 0 saturated carbocycles. The van der Waals surface area contributed by atoms with Crippen LogP contribution in [0.4, 0.5) is 0 Å². The normalized spacial score (nSPS) is 27.1. The minimum absolute atomic E-state index is 0.00308. The van der Waals surface area contributed by atoms with Gasteiger partial charge in [-0.15, -0.1) is 0 Å². The summed E-state index contributed by atoms with van der Waals surface area (Å²) in [5.74, 6) is 0.00384. The van der Waals surface area contributed by atoms with Crippen LogP contribution in [0.1, 0.15) is 26.2 Å². The Bertz CT molecular complexity index is 343. The van der Waals surface area contributed by atoms with E-state index in [0.29, 0.717) is 26.3 Å². The lowest BCUT2D eigenvalue weighted by molar-refractivity contribution is -0.152. The Balaban J connectivity index is 1.98. The molecule has 2 aliphatic heterocycles. The molecule has 0 spiro atoms. The molecule has 2 saturated heterocycles. The lowest BCUT2D eigenvalue weighted by atomic mass is 9.97. The van der Waals surface area contributed by atoms with Gasteiger partial charge in [-0.25, -0.2) is 0 Å². The van der Waals surface area contributed by atoms with E-state index >= 15 is 0 Å². The van der Waals surface area contributed by atoms with E-state index in [1.54, 1.807) is 4.90 Å². The Hall–Kier alpha value is -1.14. The maximum atomic E-state index is 12.6. The number of amides is 2. The third kappa shape index (κ3) is 3.70. The number of carbonyl (C=O) groups excluding carboxylic acids is 2. The largest absolute Gasteiger partial charge is 0.377 e. The summed E-state index contributed by atoms with van der Waals surface area (Å²) in [5.41, 5.74) is 0. The van der Waals surface area contributed by atoms with Gasteiger partial charge in [0.1, 0.15) is 6.04 Å². The zero-order chi connectivity index (χ0) is 14.4. The number of carbonyl (C=O) groups is 2. The van der Waals surface area contributed by atoms with Gasteiger partial charge >= 0.3 is 0 Å². The fourth-order valence-corrected chi connectivity index (χ4v) is 2.75. The van der Waals surface area contributed by atoms with Gasteiger partial charge in [0.25, 0.3) is 0 Å². The van der Waals surface area contributed by atoms with Crippen molar-refractivity contribution in [3.05, 3.63) is 0 Å². The smallest absolute Gasteiger partial charge is 0.245 e. The van der Waals surface area contributed by atoms with Gasteiger partial charge in [0, 0.05) is 19.6 Å². The summed E-state index contributed by atoms with van der Waals surface area (Å²) in [6, 6.07) is -0.468. The average molecular weight is 283 g/mol. The summed E-state index contributed by atoms with van der Waals surface area (Å²) in [4.78, 5) is 26.5. The number of hydrogen-bond donors (Lipinski definition) is 2. The van der Waals surface area contributed by atoms with E-state index in [0.717, 1.165) is 32.4 Å². The second kappa shape index (κ2) is 7.59. The van der Waals surface area contributed by atoms with E-state index in [4.69, 9.17) is 4.74 Å². The molecule has 6 nitrogen and oxygen atoms in total. The standard InChI is InChI=1S/C14H25N3O3/c1-2-5-16-13(18)12-10-20-8-7-17(12)14(19)11-4-3-6-15-9-11/h11-12,15H,2-10H2,1H3,(H,16,18)/t11-,12?/m1/s1. The van der Waals surface area contributed by atoms with Crippen molar-refractivity contribution in [1.29, 1.82) is 0 Å². The molecule has 2 fully saturated rings. The molecule has 0 bridgehead atoms. The molecule has 1 unspecified atom stereocenters. The number of nitrogens with one attached hydrogen (secondary N) is 2. The second-order valence-corrected chi connectivity index (χ2v) is 5.46. The van der Waals surface area contributed by atoms with E-state index in [-0.39, 0.29) is 17.7 Å². The third-order valence-corrected chi connectivity index (χ3v) is 3.91. The van der Waals surface area contributed by atoms with Gasteiger partial charge in [-0.3, -0.25) is 9.59 Å². The molecule has 0 radical (unpaired) electrons. The zero-order valence-electron chi connectivity index (χ0n) is 12.2. The fraction of sp³-hybridized carbons (Fsp3) is 0.857. The Labute approximate surface area is 120 Å². The van der Waals surface area contributed by atoms with E-state index in [1.165, 1.54) is 0 Å². The summed E-state index contributed by atoms with van der Waals surface area (Å²) < 4.78 is 5.38. The van der Waals surface area contributed by atoms with Crippen molar-refractivity contribution in [2.24, 2.45) is 5.92 Å².